The molecule has 6 nitrogen and oxygen atoms in total. The van der Waals surface area contributed by atoms with Crippen LogP contribution in [0.1, 0.15) is 28.4 Å². The van der Waals surface area contributed by atoms with Gasteiger partial charge in [0.2, 0.25) is 0 Å². The Balaban J connectivity index is 0.00000392. The van der Waals surface area contributed by atoms with Crippen molar-refractivity contribution in [3.8, 4) is 11.5 Å². The number of carbonyl (C=O) groups is 2. The van der Waals surface area contributed by atoms with Gasteiger partial charge in [-0.1, -0.05) is 34.8 Å². The Bertz CT molecular complexity index is 889. The van der Waals surface area contributed by atoms with Crippen molar-refractivity contribution in [3.05, 3.63) is 56.0 Å². The van der Waals surface area contributed by atoms with E-state index in [0.717, 1.165) is 0 Å². The van der Waals surface area contributed by atoms with Gasteiger partial charge in [0.05, 0.1) is 16.7 Å². The predicted molar refractivity (Wildman–Crippen MR) is 110 cm³/mol. The second-order valence-electron chi connectivity index (χ2n) is 5.33. The number of phenolic OH excluding ortho intramolecular Hbond substituents is 1. The van der Waals surface area contributed by atoms with E-state index in [-0.39, 0.29) is 69.9 Å². The van der Waals surface area contributed by atoms with Gasteiger partial charge in [0.1, 0.15) is 16.5 Å². The highest BCUT2D eigenvalue weighted by atomic mass is 35.5. The molecule has 0 saturated heterocycles. The third kappa shape index (κ3) is 5.43. The van der Waals surface area contributed by atoms with Crippen LogP contribution >= 0.6 is 47.2 Å². The topological polar surface area (TPSA) is 98.8 Å². The lowest BCUT2D eigenvalue weighted by atomic mass is 10.0. The molecule has 0 unspecified atom stereocenters. The second kappa shape index (κ2) is 10.7. The summed E-state index contributed by atoms with van der Waals surface area (Å²) in [5.41, 5.74) is 6.17. The summed E-state index contributed by atoms with van der Waals surface area (Å²) in [4.78, 5) is 24.1. The smallest absolute Gasteiger partial charge is 0.344 e. The van der Waals surface area contributed by atoms with Crippen LogP contribution in [0.25, 0.3) is 0 Å². The van der Waals surface area contributed by atoms with Crippen LogP contribution < -0.4 is 10.5 Å². The molecule has 0 amide bonds. The van der Waals surface area contributed by atoms with Crippen LogP contribution in [-0.4, -0.2) is 30.1 Å². The fraction of sp³-hybridized carbons (Fsp3) is 0.222. The Labute approximate surface area is 182 Å². The van der Waals surface area contributed by atoms with Gasteiger partial charge in [-0.2, -0.15) is 0 Å². The summed E-state index contributed by atoms with van der Waals surface area (Å²) < 4.78 is 10.0. The van der Waals surface area contributed by atoms with E-state index in [1.165, 1.54) is 24.3 Å². The number of ketones is 1. The summed E-state index contributed by atoms with van der Waals surface area (Å²) >= 11 is 18.3. The van der Waals surface area contributed by atoms with Crippen LogP contribution in [0.15, 0.2) is 24.3 Å². The SMILES string of the molecule is CCOC(=O)COc1ccc(C(=O)c2cc(Cl)c(O)c(CN)c2)c(Cl)c1Cl.Cl. The molecule has 0 spiro atoms. The first-order valence-electron chi connectivity index (χ1n) is 7.82. The highest BCUT2D eigenvalue weighted by Crippen LogP contribution is 2.37. The molecule has 2 aromatic rings. The third-order valence-electron chi connectivity index (χ3n) is 3.57. The Morgan fingerprint density at radius 3 is 2.43 bits per heavy atom. The molecule has 0 bridgehead atoms. The standard InChI is InChI=1S/C18H16Cl3NO5.ClH/c1-2-26-14(23)8-27-13-4-3-11(15(20)16(13)21)17(24)9-5-10(7-22)18(25)12(19)6-9;/h3-6,25H,2,7-8,22H2,1H3;1H. The van der Waals surface area contributed by atoms with Gasteiger partial charge in [-0.25, -0.2) is 4.79 Å². The first kappa shape index (κ1) is 24.3. The Hall–Kier alpha value is -1.70. The van der Waals surface area contributed by atoms with Gasteiger partial charge in [0, 0.05) is 23.2 Å². The average Bonchev–Trinajstić information content (AvgIpc) is 2.64. The Morgan fingerprint density at radius 2 is 1.82 bits per heavy atom. The number of ether oxygens (including phenoxy) is 2. The highest BCUT2D eigenvalue weighted by Gasteiger charge is 2.20. The number of hydrogen-bond donors (Lipinski definition) is 2. The van der Waals surface area contributed by atoms with E-state index in [1.807, 2.05) is 0 Å². The minimum atomic E-state index is -0.558. The summed E-state index contributed by atoms with van der Waals surface area (Å²) in [6.07, 6.45) is 0. The Kier molecular flexibility index (Phi) is 9.33. The van der Waals surface area contributed by atoms with Crippen molar-refractivity contribution in [2.45, 2.75) is 13.5 Å². The average molecular weight is 469 g/mol. The molecule has 3 N–H and O–H groups in total. The van der Waals surface area contributed by atoms with Crippen LogP contribution in [0.3, 0.4) is 0 Å². The maximum atomic E-state index is 12.8. The molecule has 0 heterocycles. The first-order chi connectivity index (χ1) is 12.8. The summed E-state index contributed by atoms with van der Waals surface area (Å²) in [5, 5.41) is 9.77. The molecule has 10 heteroatoms. The molecule has 0 aliphatic carbocycles. The number of phenols is 1. The lowest BCUT2D eigenvalue weighted by Gasteiger charge is -2.12. The van der Waals surface area contributed by atoms with Gasteiger partial charge >= 0.3 is 5.97 Å². The molecule has 0 aromatic heterocycles. The fourth-order valence-electron chi connectivity index (χ4n) is 2.26. The predicted octanol–water partition coefficient (Wildman–Crippen LogP) is 4.41. The maximum Gasteiger partial charge on any atom is 0.344 e. The van der Waals surface area contributed by atoms with Gasteiger partial charge in [-0.05, 0) is 31.2 Å². The second-order valence-corrected chi connectivity index (χ2v) is 6.50. The number of nitrogens with two attached hydrogens (primary N) is 1. The Morgan fingerprint density at radius 1 is 1.14 bits per heavy atom. The zero-order valence-corrected chi connectivity index (χ0v) is 17.7. The van der Waals surface area contributed by atoms with E-state index in [9.17, 15) is 14.7 Å². The van der Waals surface area contributed by atoms with E-state index in [2.05, 4.69) is 0 Å². The lowest BCUT2D eigenvalue weighted by Crippen LogP contribution is -2.15. The van der Waals surface area contributed by atoms with Crippen molar-refractivity contribution in [2.75, 3.05) is 13.2 Å². The van der Waals surface area contributed by atoms with Gasteiger partial charge in [-0.15, -0.1) is 12.4 Å². The van der Waals surface area contributed by atoms with Gasteiger partial charge in [0.15, 0.2) is 12.4 Å². The van der Waals surface area contributed by atoms with Crippen LogP contribution in [0.5, 0.6) is 11.5 Å². The molecule has 2 rings (SSSR count). The molecule has 152 valence electrons. The van der Waals surface area contributed by atoms with Crippen molar-refractivity contribution in [3.63, 3.8) is 0 Å². The molecule has 0 fully saturated rings. The van der Waals surface area contributed by atoms with E-state index in [0.29, 0.717) is 5.56 Å². The van der Waals surface area contributed by atoms with Crippen molar-refractivity contribution in [1.29, 1.82) is 0 Å². The molecule has 0 radical (unpaired) electrons. The number of esters is 1. The summed E-state index contributed by atoms with van der Waals surface area (Å²) in [7, 11) is 0. The van der Waals surface area contributed by atoms with Crippen molar-refractivity contribution >= 4 is 59.0 Å². The monoisotopic (exact) mass is 467 g/mol. The molecule has 0 saturated carbocycles. The van der Waals surface area contributed by atoms with E-state index in [4.69, 9.17) is 50.0 Å². The first-order valence-corrected chi connectivity index (χ1v) is 8.96. The molecule has 2 aromatic carbocycles. The number of rotatable bonds is 7. The zero-order valence-electron chi connectivity index (χ0n) is 14.6. The number of hydrogen-bond acceptors (Lipinski definition) is 6. The molecular weight excluding hydrogens is 452 g/mol. The maximum absolute atomic E-state index is 12.8. The largest absolute Gasteiger partial charge is 0.506 e. The summed E-state index contributed by atoms with van der Waals surface area (Å²) in [6, 6.07) is 5.58. The summed E-state index contributed by atoms with van der Waals surface area (Å²) in [5.74, 6) is -1.06. The van der Waals surface area contributed by atoms with Crippen molar-refractivity contribution in [2.24, 2.45) is 5.73 Å². The van der Waals surface area contributed by atoms with Crippen LogP contribution in [0.2, 0.25) is 15.1 Å². The highest BCUT2D eigenvalue weighted by molar-refractivity contribution is 6.45. The molecular formula is C18H17Cl4NO5. The molecule has 0 atom stereocenters. The minimum Gasteiger partial charge on any atom is -0.506 e. The van der Waals surface area contributed by atoms with Gasteiger partial charge in [0.25, 0.3) is 0 Å². The normalized spacial score (nSPS) is 10.2. The van der Waals surface area contributed by atoms with Gasteiger partial charge in [-0.3, -0.25) is 4.79 Å². The van der Waals surface area contributed by atoms with Crippen LogP contribution in [-0.2, 0) is 16.1 Å². The lowest BCUT2D eigenvalue weighted by molar-refractivity contribution is -0.145. The number of carbonyl (C=O) groups excluding carboxylic acids is 2. The number of benzene rings is 2. The third-order valence-corrected chi connectivity index (χ3v) is 4.72. The molecule has 0 aliphatic heterocycles. The molecule has 28 heavy (non-hydrogen) atoms. The van der Waals surface area contributed by atoms with Crippen molar-refractivity contribution in [1.82, 2.24) is 0 Å². The quantitative estimate of drug-likeness (QED) is 0.461. The van der Waals surface area contributed by atoms with E-state index >= 15 is 0 Å². The fourth-order valence-corrected chi connectivity index (χ4v) is 2.96. The minimum absolute atomic E-state index is 0. The summed E-state index contributed by atoms with van der Waals surface area (Å²) in [6.45, 7) is 1.56. The van der Waals surface area contributed by atoms with Crippen LogP contribution in [0, 0.1) is 0 Å². The number of halogens is 4. The van der Waals surface area contributed by atoms with E-state index < -0.39 is 11.8 Å². The van der Waals surface area contributed by atoms with Crippen molar-refractivity contribution < 1.29 is 24.2 Å². The van der Waals surface area contributed by atoms with Gasteiger partial charge < -0.3 is 20.3 Å². The van der Waals surface area contributed by atoms with E-state index in [1.54, 1.807) is 6.92 Å². The zero-order chi connectivity index (χ0) is 20.1. The number of aromatic hydroxyl groups is 1. The molecule has 0 aliphatic rings. The van der Waals surface area contributed by atoms with Crippen LogP contribution in [0.4, 0.5) is 0 Å².